The number of benzene rings is 1. The van der Waals surface area contributed by atoms with E-state index in [9.17, 15) is 0 Å². The Morgan fingerprint density at radius 3 is 2.43 bits per heavy atom. The Balaban J connectivity index is 1.77. The average Bonchev–Trinajstić information content (AvgIpc) is 3.19. The Labute approximate surface area is 127 Å². The molecule has 2 aliphatic carbocycles. The third kappa shape index (κ3) is 3.23. The van der Waals surface area contributed by atoms with E-state index in [1.54, 1.807) is 0 Å². The highest BCUT2D eigenvalue weighted by atomic mass is 16.5. The molecule has 3 N–H and O–H groups in total. The second kappa shape index (κ2) is 6.34. The molecule has 1 unspecified atom stereocenters. The molecule has 0 amide bonds. The normalized spacial score (nSPS) is 22.2. The van der Waals surface area contributed by atoms with Crippen molar-refractivity contribution in [2.45, 2.75) is 63.2 Å². The highest BCUT2D eigenvalue weighted by molar-refractivity contribution is 5.31. The summed E-state index contributed by atoms with van der Waals surface area (Å²) in [5.41, 5.74) is 4.01. The molecule has 2 fully saturated rings. The highest BCUT2D eigenvalue weighted by Gasteiger charge is 2.42. The van der Waals surface area contributed by atoms with Gasteiger partial charge in [-0.2, -0.15) is 0 Å². The van der Waals surface area contributed by atoms with Crippen molar-refractivity contribution in [1.82, 2.24) is 5.43 Å². The zero-order valence-electron chi connectivity index (χ0n) is 12.8. The van der Waals surface area contributed by atoms with Crippen LogP contribution >= 0.6 is 0 Å². The number of hydrogen-bond donors (Lipinski definition) is 2. The zero-order valence-corrected chi connectivity index (χ0v) is 12.8. The smallest absolute Gasteiger partial charge is 0.119 e. The lowest BCUT2D eigenvalue weighted by atomic mass is 9.87. The summed E-state index contributed by atoms with van der Waals surface area (Å²) in [6, 6.07) is 8.36. The number of nitrogens with two attached hydrogens (primary N) is 1. The molecule has 0 bridgehead atoms. The molecule has 4 nitrogen and oxygen atoms in total. The predicted molar refractivity (Wildman–Crippen MR) is 83.0 cm³/mol. The molecule has 4 heteroatoms. The molecule has 3 rings (SSSR count). The number of nitrogens with one attached hydrogen (secondary N) is 1. The van der Waals surface area contributed by atoms with Crippen molar-refractivity contribution < 1.29 is 9.47 Å². The molecule has 2 aliphatic rings. The minimum atomic E-state index is -0.164. The molecule has 1 aromatic rings. The summed E-state index contributed by atoms with van der Waals surface area (Å²) in [4.78, 5) is 0. The summed E-state index contributed by atoms with van der Waals surface area (Å²) in [6.07, 6.45) is 7.35. The van der Waals surface area contributed by atoms with Gasteiger partial charge in [-0.3, -0.25) is 11.3 Å². The van der Waals surface area contributed by atoms with Crippen LogP contribution in [0.1, 0.15) is 57.1 Å². The number of hydrogen-bond acceptors (Lipinski definition) is 4. The Bertz CT molecular complexity index is 450. The fraction of sp³-hybridized carbons (Fsp3) is 0.647. The minimum Gasteiger partial charge on any atom is -0.490 e. The molecule has 1 aromatic carbocycles. The molecular weight excluding hydrogens is 264 g/mol. The third-order valence-corrected chi connectivity index (χ3v) is 4.62. The predicted octanol–water partition coefficient (Wildman–Crippen LogP) is 3.08. The van der Waals surface area contributed by atoms with Crippen molar-refractivity contribution in [2.24, 2.45) is 5.84 Å². The lowest BCUT2D eigenvalue weighted by molar-refractivity contribution is -0.0627. The topological polar surface area (TPSA) is 56.5 Å². The Kier molecular flexibility index (Phi) is 4.48. The lowest BCUT2D eigenvalue weighted by Crippen LogP contribution is -2.46. The summed E-state index contributed by atoms with van der Waals surface area (Å²) in [6.45, 7) is 2.78. The van der Waals surface area contributed by atoms with Gasteiger partial charge in [0, 0.05) is 6.61 Å². The quantitative estimate of drug-likeness (QED) is 0.598. The van der Waals surface area contributed by atoms with Crippen LogP contribution in [0.5, 0.6) is 5.75 Å². The molecule has 2 saturated carbocycles. The SMILES string of the molecule is CCOC1(C(NN)c2ccc(OC3CC3)cc2)CCCC1. The first-order chi connectivity index (χ1) is 10.3. The summed E-state index contributed by atoms with van der Waals surface area (Å²) in [5.74, 6) is 6.82. The van der Waals surface area contributed by atoms with Gasteiger partial charge in [-0.25, -0.2) is 0 Å². The van der Waals surface area contributed by atoms with E-state index in [4.69, 9.17) is 15.3 Å². The molecule has 0 aliphatic heterocycles. The van der Waals surface area contributed by atoms with Gasteiger partial charge in [0.05, 0.1) is 17.7 Å². The molecule has 21 heavy (non-hydrogen) atoms. The first kappa shape index (κ1) is 14.8. The molecule has 0 saturated heterocycles. The maximum absolute atomic E-state index is 6.13. The Hall–Kier alpha value is -1.10. The second-order valence-corrected chi connectivity index (χ2v) is 6.19. The van der Waals surface area contributed by atoms with Crippen LogP contribution in [0.15, 0.2) is 24.3 Å². The first-order valence-corrected chi connectivity index (χ1v) is 8.14. The van der Waals surface area contributed by atoms with Gasteiger partial charge >= 0.3 is 0 Å². The van der Waals surface area contributed by atoms with Crippen molar-refractivity contribution >= 4 is 0 Å². The number of hydrazine groups is 1. The van der Waals surface area contributed by atoms with Gasteiger partial charge in [0.1, 0.15) is 5.75 Å². The van der Waals surface area contributed by atoms with E-state index in [0.29, 0.717) is 6.10 Å². The van der Waals surface area contributed by atoms with Crippen molar-refractivity contribution in [3.8, 4) is 5.75 Å². The van der Waals surface area contributed by atoms with Crippen LogP contribution in [0.25, 0.3) is 0 Å². The number of rotatable bonds is 7. The lowest BCUT2D eigenvalue weighted by Gasteiger charge is -2.37. The maximum Gasteiger partial charge on any atom is 0.119 e. The fourth-order valence-corrected chi connectivity index (χ4v) is 3.45. The molecular formula is C17H26N2O2. The average molecular weight is 290 g/mol. The Morgan fingerprint density at radius 1 is 1.24 bits per heavy atom. The van der Waals surface area contributed by atoms with Crippen LogP contribution in [0.4, 0.5) is 0 Å². The van der Waals surface area contributed by atoms with E-state index >= 15 is 0 Å². The van der Waals surface area contributed by atoms with E-state index in [1.807, 2.05) is 12.1 Å². The van der Waals surface area contributed by atoms with Crippen LogP contribution in [0.3, 0.4) is 0 Å². The van der Waals surface area contributed by atoms with Crippen LogP contribution in [-0.2, 0) is 4.74 Å². The van der Waals surface area contributed by atoms with Gasteiger partial charge in [0.25, 0.3) is 0 Å². The standard InChI is InChI=1S/C17H26N2O2/c1-2-20-17(11-3-4-12-17)16(19-18)13-5-7-14(8-6-13)21-15-9-10-15/h5-8,15-16,19H,2-4,9-12,18H2,1H3. The molecule has 0 radical (unpaired) electrons. The number of ether oxygens (including phenoxy) is 2. The van der Waals surface area contributed by atoms with E-state index in [2.05, 4.69) is 24.5 Å². The molecule has 0 heterocycles. The molecule has 116 valence electrons. The summed E-state index contributed by atoms with van der Waals surface area (Å²) in [7, 11) is 0. The highest BCUT2D eigenvalue weighted by Crippen LogP contribution is 2.43. The zero-order chi connectivity index (χ0) is 14.7. The van der Waals surface area contributed by atoms with Gasteiger partial charge in [-0.05, 0) is 50.3 Å². The molecule has 0 spiro atoms. The summed E-state index contributed by atoms with van der Waals surface area (Å²) < 4.78 is 11.9. The first-order valence-electron chi connectivity index (χ1n) is 8.14. The van der Waals surface area contributed by atoms with Gasteiger partial charge in [0.15, 0.2) is 0 Å². The summed E-state index contributed by atoms with van der Waals surface area (Å²) >= 11 is 0. The second-order valence-electron chi connectivity index (χ2n) is 6.19. The van der Waals surface area contributed by atoms with Gasteiger partial charge in [-0.15, -0.1) is 0 Å². The van der Waals surface area contributed by atoms with Gasteiger partial charge < -0.3 is 9.47 Å². The van der Waals surface area contributed by atoms with Gasteiger partial charge in [-0.1, -0.05) is 25.0 Å². The van der Waals surface area contributed by atoms with Crippen molar-refractivity contribution in [1.29, 1.82) is 0 Å². The monoisotopic (exact) mass is 290 g/mol. The van der Waals surface area contributed by atoms with Crippen LogP contribution in [0, 0.1) is 0 Å². The van der Waals surface area contributed by atoms with Crippen molar-refractivity contribution in [3.05, 3.63) is 29.8 Å². The fourth-order valence-electron chi connectivity index (χ4n) is 3.45. The van der Waals surface area contributed by atoms with E-state index in [0.717, 1.165) is 25.2 Å². The largest absolute Gasteiger partial charge is 0.490 e. The maximum atomic E-state index is 6.13. The van der Waals surface area contributed by atoms with E-state index in [1.165, 1.54) is 31.2 Å². The van der Waals surface area contributed by atoms with E-state index in [-0.39, 0.29) is 11.6 Å². The molecule has 1 atom stereocenters. The van der Waals surface area contributed by atoms with Crippen molar-refractivity contribution in [2.75, 3.05) is 6.61 Å². The van der Waals surface area contributed by atoms with Crippen LogP contribution in [-0.4, -0.2) is 18.3 Å². The summed E-state index contributed by atoms with van der Waals surface area (Å²) in [5, 5.41) is 0. The van der Waals surface area contributed by atoms with Gasteiger partial charge in [0.2, 0.25) is 0 Å². The minimum absolute atomic E-state index is 0.0370. The molecule has 0 aromatic heterocycles. The van der Waals surface area contributed by atoms with Crippen LogP contribution < -0.4 is 16.0 Å². The third-order valence-electron chi connectivity index (χ3n) is 4.62. The Morgan fingerprint density at radius 2 is 1.90 bits per heavy atom. The van der Waals surface area contributed by atoms with Crippen LogP contribution in [0.2, 0.25) is 0 Å². The van der Waals surface area contributed by atoms with Crippen molar-refractivity contribution in [3.63, 3.8) is 0 Å². The van der Waals surface area contributed by atoms with E-state index < -0.39 is 0 Å².